The van der Waals surface area contributed by atoms with Gasteiger partial charge in [0.05, 0.1) is 12.5 Å². The molecule has 1 aliphatic rings. The topological polar surface area (TPSA) is 103 Å². The Morgan fingerprint density at radius 2 is 2.19 bits per heavy atom. The average molecular weight is 395 g/mol. The number of aryl methyl sites for hydroxylation is 1. The van der Waals surface area contributed by atoms with Gasteiger partial charge in [-0.2, -0.15) is 13.2 Å². The van der Waals surface area contributed by atoms with E-state index in [0.29, 0.717) is 36.4 Å². The van der Waals surface area contributed by atoms with Gasteiger partial charge in [-0.15, -0.1) is 11.3 Å². The molecule has 1 aromatic heterocycles. The number of carbonyl (C=O) groups excluding carboxylic acids is 2. The first kappa shape index (κ1) is 20.6. The monoisotopic (exact) mass is 395 g/mol. The second kappa shape index (κ2) is 7.89. The zero-order valence-corrected chi connectivity index (χ0v) is 14.9. The first-order valence-corrected chi connectivity index (χ1v) is 8.85. The lowest BCUT2D eigenvalue weighted by Gasteiger charge is -2.28. The van der Waals surface area contributed by atoms with Gasteiger partial charge in [-0.3, -0.25) is 9.59 Å². The van der Waals surface area contributed by atoms with Crippen molar-refractivity contribution in [2.75, 3.05) is 19.6 Å². The third-order valence-corrected chi connectivity index (χ3v) is 5.11. The molecule has 0 saturated carbocycles. The number of amides is 2. The highest BCUT2D eigenvalue weighted by Crippen LogP contribution is 2.42. The molecule has 146 valence electrons. The summed E-state index contributed by atoms with van der Waals surface area (Å²) in [7, 11) is 0. The number of carbonyl (C=O) groups is 2. The summed E-state index contributed by atoms with van der Waals surface area (Å²) in [5.41, 5.74) is -3.09. The molecule has 0 aromatic carbocycles. The molecule has 1 saturated heterocycles. The SMILES string of the molecule is Cc1csc([C@@](O)(CC(=O)NC[C@H](O)CN2CCCC2=O)C(F)(F)F)n1. The molecule has 1 aliphatic heterocycles. The Bertz CT molecular complexity index is 667. The molecule has 0 bridgehead atoms. The van der Waals surface area contributed by atoms with E-state index in [1.54, 1.807) is 0 Å². The standard InChI is InChI=1S/C15H20F3N3O4S/c1-9-8-26-13(20-9)14(25,15(16,17)18)5-11(23)19-6-10(22)7-21-4-2-3-12(21)24/h8,10,22,25H,2-7H2,1H3,(H,19,23)/t10-,14-/m0/s1. The number of hydrogen-bond acceptors (Lipinski definition) is 6. The van der Waals surface area contributed by atoms with Crippen LogP contribution in [0.2, 0.25) is 0 Å². The minimum absolute atomic E-state index is 0.00563. The first-order chi connectivity index (χ1) is 12.0. The molecule has 3 N–H and O–H groups in total. The van der Waals surface area contributed by atoms with Crippen LogP contribution in [0.1, 0.15) is 30.0 Å². The van der Waals surface area contributed by atoms with Crippen LogP contribution in [-0.4, -0.2) is 63.8 Å². The number of β-amino-alcohol motifs (C(OH)–C–C–N with tert-alkyl or cyclic N) is 1. The van der Waals surface area contributed by atoms with Gasteiger partial charge in [-0.25, -0.2) is 4.98 Å². The molecule has 0 unspecified atom stereocenters. The van der Waals surface area contributed by atoms with Crippen molar-refractivity contribution in [3.05, 3.63) is 16.1 Å². The Morgan fingerprint density at radius 3 is 2.69 bits per heavy atom. The predicted molar refractivity (Wildman–Crippen MR) is 86.3 cm³/mol. The fraction of sp³-hybridized carbons (Fsp3) is 0.667. The van der Waals surface area contributed by atoms with Crippen LogP contribution in [0.15, 0.2) is 5.38 Å². The minimum atomic E-state index is -5.09. The van der Waals surface area contributed by atoms with Gasteiger partial charge in [0.1, 0.15) is 5.01 Å². The van der Waals surface area contributed by atoms with Crippen molar-refractivity contribution < 1.29 is 33.0 Å². The van der Waals surface area contributed by atoms with Crippen molar-refractivity contribution in [3.63, 3.8) is 0 Å². The quantitative estimate of drug-likeness (QED) is 0.631. The maximum absolute atomic E-state index is 13.3. The number of alkyl halides is 3. The summed E-state index contributed by atoms with van der Waals surface area (Å²) in [5, 5.41) is 22.8. The van der Waals surface area contributed by atoms with Gasteiger partial charge in [0, 0.05) is 37.1 Å². The maximum Gasteiger partial charge on any atom is 0.424 e. The van der Waals surface area contributed by atoms with Gasteiger partial charge >= 0.3 is 6.18 Å². The Hall–Kier alpha value is -1.72. The van der Waals surface area contributed by atoms with Crippen LogP contribution in [0, 0.1) is 6.92 Å². The molecular formula is C15H20F3N3O4S. The molecule has 1 fully saturated rings. The summed E-state index contributed by atoms with van der Waals surface area (Å²) in [6.07, 6.45) is -6.38. The number of hydrogen-bond donors (Lipinski definition) is 3. The predicted octanol–water partition coefficient (Wildman–Crippen LogP) is 0.691. The summed E-state index contributed by atoms with van der Waals surface area (Å²) in [6, 6.07) is 0. The summed E-state index contributed by atoms with van der Waals surface area (Å²) in [4.78, 5) is 28.5. The second-order valence-corrected chi connectivity index (χ2v) is 7.09. The van der Waals surface area contributed by atoms with E-state index in [2.05, 4.69) is 10.3 Å². The third-order valence-electron chi connectivity index (χ3n) is 4.00. The Balaban J connectivity index is 1.94. The average Bonchev–Trinajstić information content (AvgIpc) is 3.13. The van der Waals surface area contributed by atoms with Crippen LogP contribution in [0.25, 0.3) is 0 Å². The number of nitrogens with zero attached hydrogens (tertiary/aromatic N) is 2. The lowest BCUT2D eigenvalue weighted by atomic mass is 9.99. The van der Waals surface area contributed by atoms with Crippen LogP contribution in [0.4, 0.5) is 13.2 Å². The molecule has 26 heavy (non-hydrogen) atoms. The van der Waals surface area contributed by atoms with Gasteiger partial charge in [0.2, 0.25) is 17.4 Å². The molecule has 0 aliphatic carbocycles. The number of aliphatic hydroxyl groups excluding tert-OH is 1. The van der Waals surface area contributed by atoms with E-state index in [1.807, 2.05) is 0 Å². The smallest absolute Gasteiger partial charge is 0.389 e. The number of rotatable bonds is 7. The van der Waals surface area contributed by atoms with Gasteiger partial charge in [0.25, 0.3) is 0 Å². The van der Waals surface area contributed by atoms with Crippen LogP contribution < -0.4 is 5.32 Å². The van der Waals surface area contributed by atoms with E-state index < -0.39 is 35.2 Å². The summed E-state index contributed by atoms with van der Waals surface area (Å²) < 4.78 is 39.9. The normalized spacial score (nSPS) is 18.7. The van der Waals surface area contributed by atoms with E-state index in [0.717, 1.165) is 0 Å². The van der Waals surface area contributed by atoms with E-state index >= 15 is 0 Å². The Morgan fingerprint density at radius 1 is 1.50 bits per heavy atom. The first-order valence-electron chi connectivity index (χ1n) is 7.97. The van der Waals surface area contributed by atoms with Crippen LogP contribution in [0.3, 0.4) is 0 Å². The minimum Gasteiger partial charge on any atom is -0.389 e. The second-order valence-electron chi connectivity index (χ2n) is 6.23. The molecule has 1 aromatic rings. The van der Waals surface area contributed by atoms with Crippen molar-refractivity contribution in [1.82, 2.24) is 15.2 Å². The molecule has 0 radical (unpaired) electrons. The van der Waals surface area contributed by atoms with E-state index in [4.69, 9.17) is 0 Å². The van der Waals surface area contributed by atoms with Crippen LogP contribution >= 0.6 is 11.3 Å². The summed E-state index contributed by atoms with van der Waals surface area (Å²) in [5.74, 6) is -1.19. The van der Waals surface area contributed by atoms with Crippen molar-refractivity contribution in [1.29, 1.82) is 0 Å². The largest absolute Gasteiger partial charge is 0.424 e. The molecule has 0 spiro atoms. The van der Waals surface area contributed by atoms with E-state index in [1.165, 1.54) is 17.2 Å². The summed E-state index contributed by atoms with van der Waals surface area (Å²) >= 11 is 0.617. The number of aliphatic hydroxyl groups is 2. The molecule has 2 amide bonds. The lowest BCUT2D eigenvalue weighted by molar-refractivity contribution is -0.267. The van der Waals surface area contributed by atoms with Gasteiger partial charge in [-0.1, -0.05) is 0 Å². The maximum atomic E-state index is 13.3. The van der Waals surface area contributed by atoms with Gasteiger partial charge in [-0.05, 0) is 13.3 Å². The third kappa shape index (κ3) is 4.71. The molecule has 11 heteroatoms. The Labute approximate surface area is 151 Å². The number of nitrogens with one attached hydrogen (secondary N) is 1. The Kier molecular flexibility index (Phi) is 6.25. The van der Waals surface area contributed by atoms with Crippen molar-refractivity contribution in [3.8, 4) is 0 Å². The highest BCUT2D eigenvalue weighted by atomic mass is 32.1. The van der Waals surface area contributed by atoms with Crippen molar-refractivity contribution in [2.24, 2.45) is 0 Å². The van der Waals surface area contributed by atoms with Gasteiger partial charge < -0.3 is 20.4 Å². The zero-order chi connectivity index (χ0) is 19.5. The zero-order valence-electron chi connectivity index (χ0n) is 14.0. The molecule has 7 nitrogen and oxygen atoms in total. The van der Waals surface area contributed by atoms with Gasteiger partial charge in [0.15, 0.2) is 0 Å². The van der Waals surface area contributed by atoms with E-state index in [-0.39, 0.29) is 19.0 Å². The fourth-order valence-corrected chi connectivity index (χ4v) is 3.50. The molecular weight excluding hydrogens is 375 g/mol. The number of halogens is 3. The van der Waals surface area contributed by atoms with Crippen molar-refractivity contribution in [2.45, 2.75) is 44.1 Å². The number of aromatic nitrogens is 1. The lowest BCUT2D eigenvalue weighted by Crippen LogP contribution is -2.47. The highest BCUT2D eigenvalue weighted by Gasteiger charge is 2.58. The number of likely N-dealkylation sites (tertiary alicyclic amines) is 1. The fourth-order valence-electron chi connectivity index (χ4n) is 2.58. The molecule has 2 atom stereocenters. The van der Waals surface area contributed by atoms with Crippen molar-refractivity contribution >= 4 is 23.2 Å². The molecule has 2 heterocycles. The highest BCUT2D eigenvalue weighted by molar-refractivity contribution is 7.09. The number of thiazole rings is 1. The molecule has 2 rings (SSSR count). The van der Waals surface area contributed by atoms with E-state index in [9.17, 15) is 33.0 Å². The van der Waals surface area contributed by atoms with Crippen LogP contribution in [-0.2, 0) is 15.2 Å². The summed E-state index contributed by atoms with van der Waals surface area (Å²) in [6.45, 7) is 1.65. The van der Waals surface area contributed by atoms with Crippen LogP contribution in [0.5, 0.6) is 0 Å².